The van der Waals surface area contributed by atoms with Crippen molar-refractivity contribution < 1.29 is 13.9 Å². The zero-order valence-corrected chi connectivity index (χ0v) is 14.3. The number of ether oxygens (including phenoxy) is 1. The number of hydrogen-bond acceptors (Lipinski definition) is 3. The maximum atomic E-state index is 14.1. The van der Waals surface area contributed by atoms with Crippen LogP contribution in [-0.4, -0.2) is 37.1 Å². The highest BCUT2D eigenvalue weighted by molar-refractivity contribution is 5.83. The molecule has 4 nitrogen and oxygen atoms in total. The monoisotopic (exact) mass is 342 g/mol. The van der Waals surface area contributed by atoms with Crippen molar-refractivity contribution in [3.63, 3.8) is 0 Å². The average molecular weight is 342 g/mol. The zero-order chi connectivity index (χ0) is 17.6. The van der Waals surface area contributed by atoms with E-state index >= 15 is 0 Å². The standard InChI is InChI=1S/C20H23FN2O2/c1-15(17-9-5-6-10-18(17)21)22-19(16-7-3-2-4-8-16)20(24)23-11-13-25-14-12-23/h2-10,15,19,22H,11-14H2,1H3. The maximum Gasteiger partial charge on any atom is 0.244 e. The van der Waals surface area contributed by atoms with Crippen molar-refractivity contribution in [2.24, 2.45) is 0 Å². The summed E-state index contributed by atoms with van der Waals surface area (Å²) in [6.45, 7) is 4.14. The molecule has 2 unspecified atom stereocenters. The fourth-order valence-electron chi connectivity index (χ4n) is 3.09. The van der Waals surface area contributed by atoms with Crippen LogP contribution in [0.3, 0.4) is 0 Å². The molecule has 1 aliphatic rings. The first-order valence-electron chi connectivity index (χ1n) is 8.59. The highest BCUT2D eigenvalue weighted by Crippen LogP contribution is 2.23. The molecule has 0 radical (unpaired) electrons. The van der Waals surface area contributed by atoms with Gasteiger partial charge in [-0.1, -0.05) is 48.5 Å². The fourth-order valence-corrected chi connectivity index (χ4v) is 3.09. The Kier molecular flexibility index (Phi) is 5.79. The predicted octanol–water partition coefficient (Wildman–Crippen LogP) is 3.08. The van der Waals surface area contributed by atoms with Gasteiger partial charge < -0.3 is 9.64 Å². The molecule has 0 saturated carbocycles. The summed E-state index contributed by atoms with van der Waals surface area (Å²) < 4.78 is 19.4. The van der Waals surface area contributed by atoms with Gasteiger partial charge >= 0.3 is 0 Å². The Balaban J connectivity index is 1.84. The molecule has 2 aromatic rings. The van der Waals surface area contributed by atoms with Gasteiger partial charge in [0.2, 0.25) is 5.91 Å². The summed E-state index contributed by atoms with van der Waals surface area (Å²) >= 11 is 0. The van der Waals surface area contributed by atoms with Crippen LogP contribution in [0.2, 0.25) is 0 Å². The smallest absolute Gasteiger partial charge is 0.244 e. The predicted molar refractivity (Wildman–Crippen MR) is 94.5 cm³/mol. The number of benzene rings is 2. The minimum absolute atomic E-state index is 0.00214. The van der Waals surface area contributed by atoms with Crippen LogP contribution in [0.25, 0.3) is 0 Å². The topological polar surface area (TPSA) is 41.6 Å². The van der Waals surface area contributed by atoms with Gasteiger partial charge in [-0.3, -0.25) is 10.1 Å². The minimum Gasteiger partial charge on any atom is -0.378 e. The van der Waals surface area contributed by atoms with Crippen LogP contribution in [0, 0.1) is 5.82 Å². The highest BCUT2D eigenvalue weighted by atomic mass is 19.1. The molecule has 1 N–H and O–H groups in total. The van der Waals surface area contributed by atoms with Crippen LogP contribution in [0.1, 0.15) is 30.1 Å². The van der Waals surface area contributed by atoms with Gasteiger partial charge in [-0.15, -0.1) is 0 Å². The molecular formula is C20H23FN2O2. The van der Waals surface area contributed by atoms with E-state index in [9.17, 15) is 9.18 Å². The molecule has 1 amide bonds. The van der Waals surface area contributed by atoms with Gasteiger partial charge in [0.25, 0.3) is 0 Å². The van der Waals surface area contributed by atoms with Gasteiger partial charge in [-0.2, -0.15) is 0 Å². The van der Waals surface area contributed by atoms with Crippen molar-refractivity contribution in [3.8, 4) is 0 Å². The van der Waals surface area contributed by atoms with Gasteiger partial charge in [-0.05, 0) is 18.6 Å². The normalized spacial score (nSPS) is 17.1. The second-order valence-electron chi connectivity index (χ2n) is 6.19. The number of halogens is 1. The van der Waals surface area contributed by atoms with E-state index in [1.54, 1.807) is 18.2 Å². The highest BCUT2D eigenvalue weighted by Gasteiger charge is 2.28. The number of nitrogens with one attached hydrogen (secondary N) is 1. The van der Waals surface area contributed by atoms with Crippen molar-refractivity contribution in [2.45, 2.75) is 19.0 Å². The van der Waals surface area contributed by atoms with Crippen LogP contribution in [0.4, 0.5) is 4.39 Å². The Morgan fingerprint density at radius 1 is 1.08 bits per heavy atom. The van der Waals surface area contributed by atoms with Crippen LogP contribution in [0.15, 0.2) is 54.6 Å². The SMILES string of the molecule is CC(NC(C(=O)N1CCOCC1)c1ccccc1)c1ccccc1F. The first kappa shape index (κ1) is 17.6. The molecule has 132 valence electrons. The Morgan fingerprint density at radius 2 is 1.72 bits per heavy atom. The number of carbonyl (C=O) groups excluding carboxylic acids is 1. The molecule has 1 fully saturated rings. The molecule has 2 atom stereocenters. The van der Waals surface area contributed by atoms with Crippen LogP contribution in [-0.2, 0) is 9.53 Å². The van der Waals surface area contributed by atoms with E-state index in [1.165, 1.54) is 6.07 Å². The molecule has 1 aliphatic heterocycles. The van der Waals surface area contributed by atoms with Gasteiger partial charge in [0.05, 0.1) is 13.2 Å². The Morgan fingerprint density at radius 3 is 2.40 bits per heavy atom. The van der Waals surface area contributed by atoms with E-state index < -0.39 is 6.04 Å². The van der Waals surface area contributed by atoms with E-state index in [0.29, 0.717) is 31.9 Å². The van der Waals surface area contributed by atoms with E-state index in [4.69, 9.17) is 4.74 Å². The molecule has 0 aliphatic carbocycles. The molecule has 1 saturated heterocycles. The van der Waals surface area contributed by atoms with Gasteiger partial charge in [0, 0.05) is 24.7 Å². The number of carbonyl (C=O) groups is 1. The van der Waals surface area contributed by atoms with Gasteiger partial charge in [0.1, 0.15) is 11.9 Å². The number of nitrogens with zero attached hydrogens (tertiary/aromatic N) is 1. The molecule has 25 heavy (non-hydrogen) atoms. The minimum atomic E-state index is -0.520. The molecule has 0 aromatic heterocycles. The fraction of sp³-hybridized carbons (Fsp3) is 0.350. The summed E-state index contributed by atoms with van der Waals surface area (Å²) in [6.07, 6.45) is 0. The summed E-state index contributed by atoms with van der Waals surface area (Å²) in [6, 6.07) is 15.4. The van der Waals surface area contributed by atoms with E-state index in [1.807, 2.05) is 42.2 Å². The van der Waals surface area contributed by atoms with Crippen molar-refractivity contribution in [1.82, 2.24) is 10.2 Å². The van der Waals surface area contributed by atoms with Crippen molar-refractivity contribution >= 4 is 5.91 Å². The quantitative estimate of drug-likeness (QED) is 0.908. The Bertz CT molecular complexity index is 702. The summed E-state index contributed by atoms with van der Waals surface area (Å²) in [5.41, 5.74) is 1.43. The van der Waals surface area contributed by atoms with Crippen LogP contribution >= 0.6 is 0 Å². The lowest BCUT2D eigenvalue weighted by Crippen LogP contribution is -2.46. The molecule has 0 spiro atoms. The lowest BCUT2D eigenvalue weighted by Gasteiger charge is -2.32. The van der Waals surface area contributed by atoms with Crippen molar-refractivity contribution in [3.05, 3.63) is 71.5 Å². The number of rotatable bonds is 5. The van der Waals surface area contributed by atoms with E-state index in [-0.39, 0.29) is 17.8 Å². The molecule has 2 aromatic carbocycles. The maximum absolute atomic E-state index is 14.1. The first-order valence-corrected chi connectivity index (χ1v) is 8.59. The summed E-state index contributed by atoms with van der Waals surface area (Å²) in [5, 5.41) is 3.32. The zero-order valence-electron chi connectivity index (χ0n) is 14.3. The average Bonchev–Trinajstić information content (AvgIpc) is 2.67. The van der Waals surface area contributed by atoms with Crippen molar-refractivity contribution in [2.75, 3.05) is 26.3 Å². The molecular weight excluding hydrogens is 319 g/mol. The lowest BCUT2D eigenvalue weighted by molar-refractivity contribution is -0.138. The Hall–Kier alpha value is -2.24. The van der Waals surface area contributed by atoms with Crippen molar-refractivity contribution in [1.29, 1.82) is 0 Å². The summed E-state index contributed by atoms with van der Waals surface area (Å²) in [5.74, 6) is -0.272. The van der Waals surface area contributed by atoms with E-state index in [0.717, 1.165) is 5.56 Å². The number of hydrogen-bond donors (Lipinski definition) is 1. The summed E-state index contributed by atoms with van der Waals surface area (Å²) in [7, 11) is 0. The van der Waals surface area contributed by atoms with Crippen LogP contribution in [0.5, 0.6) is 0 Å². The number of amides is 1. The lowest BCUT2D eigenvalue weighted by atomic mass is 10.0. The second kappa shape index (κ2) is 8.23. The van der Waals surface area contributed by atoms with Crippen LogP contribution < -0.4 is 5.32 Å². The third-order valence-corrected chi connectivity index (χ3v) is 4.49. The molecule has 1 heterocycles. The molecule has 0 bridgehead atoms. The van der Waals surface area contributed by atoms with Gasteiger partial charge in [-0.25, -0.2) is 4.39 Å². The molecule has 5 heteroatoms. The first-order chi connectivity index (χ1) is 12.2. The molecule has 3 rings (SSSR count). The Labute approximate surface area is 147 Å². The second-order valence-corrected chi connectivity index (χ2v) is 6.19. The third kappa shape index (κ3) is 4.24. The third-order valence-electron chi connectivity index (χ3n) is 4.49. The van der Waals surface area contributed by atoms with Gasteiger partial charge in [0.15, 0.2) is 0 Å². The largest absolute Gasteiger partial charge is 0.378 e. The number of morpholine rings is 1. The summed E-state index contributed by atoms with van der Waals surface area (Å²) in [4.78, 5) is 14.9. The van der Waals surface area contributed by atoms with E-state index in [2.05, 4.69) is 5.32 Å².